The first-order valence-electron chi connectivity index (χ1n) is 10.2. The summed E-state index contributed by atoms with van der Waals surface area (Å²) < 4.78 is 0. The Hall–Kier alpha value is -3.44. The molecule has 3 aromatic rings. The molecule has 0 unspecified atom stereocenters. The molecule has 5 nitrogen and oxygen atoms in total. The van der Waals surface area contributed by atoms with Crippen LogP contribution in [-0.2, 0) is 0 Å². The van der Waals surface area contributed by atoms with Crippen LogP contribution in [0.1, 0.15) is 37.9 Å². The highest BCUT2D eigenvalue weighted by atomic mass is 16.2. The summed E-state index contributed by atoms with van der Waals surface area (Å²) in [5, 5.41) is 0. The molecule has 1 saturated heterocycles. The predicted molar refractivity (Wildman–Crippen MR) is 117 cm³/mol. The van der Waals surface area contributed by atoms with Crippen molar-refractivity contribution in [1.29, 1.82) is 0 Å². The number of nitrogens with two attached hydrogens (primary N) is 1. The molecule has 1 aliphatic heterocycles. The molecule has 1 aliphatic rings. The predicted octanol–water partition coefficient (Wildman–Crippen LogP) is 3.33. The molecule has 0 spiro atoms. The van der Waals surface area contributed by atoms with Gasteiger partial charge in [0.2, 0.25) is 5.91 Å². The lowest BCUT2D eigenvalue weighted by Crippen LogP contribution is -2.49. The first kappa shape index (κ1) is 19.9. The molecule has 1 fully saturated rings. The topological polar surface area (TPSA) is 66.6 Å². The lowest BCUT2D eigenvalue weighted by atomic mass is 9.96. The third-order valence-corrected chi connectivity index (χ3v) is 5.61. The van der Waals surface area contributed by atoms with Crippen LogP contribution in [-0.4, -0.2) is 47.8 Å². The molecule has 1 heterocycles. The Bertz CT molecular complexity index is 956. The van der Waals surface area contributed by atoms with E-state index in [1.54, 1.807) is 24.3 Å². The van der Waals surface area contributed by atoms with E-state index in [9.17, 15) is 9.59 Å². The highest BCUT2D eigenvalue weighted by molar-refractivity contribution is 5.97. The third kappa shape index (κ3) is 4.26. The number of hydrogen-bond donors (Lipinski definition) is 1. The first-order valence-corrected chi connectivity index (χ1v) is 10.2. The second-order valence-corrected chi connectivity index (χ2v) is 7.49. The zero-order valence-electron chi connectivity index (χ0n) is 16.8. The van der Waals surface area contributed by atoms with E-state index in [2.05, 4.69) is 53.4 Å². The maximum absolute atomic E-state index is 12.9. The molecule has 2 amide bonds. The fourth-order valence-electron chi connectivity index (χ4n) is 4.03. The first-order chi connectivity index (χ1) is 14.6. The van der Waals surface area contributed by atoms with Gasteiger partial charge in [0.25, 0.3) is 5.91 Å². The van der Waals surface area contributed by atoms with Gasteiger partial charge in [-0.05, 0) is 35.4 Å². The van der Waals surface area contributed by atoms with Crippen molar-refractivity contribution in [3.63, 3.8) is 0 Å². The molecule has 3 aromatic carbocycles. The van der Waals surface area contributed by atoms with Crippen LogP contribution in [0.5, 0.6) is 0 Å². The van der Waals surface area contributed by atoms with Gasteiger partial charge in [-0.1, -0.05) is 60.7 Å². The monoisotopic (exact) mass is 399 g/mol. The van der Waals surface area contributed by atoms with Crippen molar-refractivity contribution in [2.24, 2.45) is 5.73 Å². The number of hydrogen-bond acceptors (Lipinski definition) is 3. The maximum Gasteiger partial charge on any atom is 0.253 e. The molecule has 0 bridgehead atoms. The molecular weight excluding hydrogens is 374 g/mol. The Morgan fingerprint density at radius 2 is 1.13 bits per heavy atom. The summed E-state index contributed by atoms with van der Waals surface area (Å²) in [6.45, 7) is 2.90. The van der Waals surface area contributed by atoms with E-state index in [1.807, 2.05) is 17.0 Å². The van der Waals surface area contributed by atoms with E-state index in [0.29, 0.717) is 24.2 Å². The van der Waals surface area contributed by atoms with Crippen LogP contribution in [0.15, 0.2) is 84.9 Å². The van der Waals surface area contributed by atoms with Gasteiger partial charge in [0.1, 0.15) is 0 Å². The summed E-state index contributed by atoms with van der Waals surface area (Å²) in [4.78, 5) is 28.4. The van der Waals surface area contributed by atoms with Crippen LogP contribution in [0.4, 0.5) is 0 Å². The Labute approximate surface area is 176 Å². The number of amides is 2. The number of primary amides is 1. The van der Waals surface area contributed by atoms with Gasteiger partial charge in [-0.25, -0.2) is 0 Å². The van der Waals surface area contributed by atoms with Gasteiger partial charge in [0.15, 0.2) is 0 Å². The zero-order valence-corrected chi connectivity index (χ0v) is 16.8. The Balaban J connectivity index is 1.48. The van der Waals surface area contributed by atoms with Crippen molar-refractivity contribution in [1.82, 2.24) is 9.80 Å². The number of carbonyl (C=O) groups is 2. The summed E-state index contributed by atoms with van der Waals surface area (Å²) >= 11 is 0. The van der Waals surface area contributed by atoms with Crippen molar-refractivity contribution in [3.05, 3.63) is 107 Å². The van der Waals surface area contributed by atoms with Gasteiger partial charge in [-0.3, -0.25) is 14.5 Å². The third-order valence-electron chi connectivity index (χ3n) is 5.61. The lowest BCUT2D eigenvalue weighted by molar-refractivity contribution is 0.0597. The molecule has 5 heteroatoms. The summed E-state index contributed by atoms with van der Waals surface area (Å²) in [7, 11) is 0. The highest BCUT2D eigenvalue weighted by Crippen LogP contribution is 2.29. The second kappa shape index (κ2) is 8.93. The van der Waals surface area contributed by atoms with Gasteiger partial charge in [0.05, 0.1) is 6.04 Å². The Morgan fingerprint density at radius 3 is 1.60 bits per heavy atom. The molecule has 2 N–H and O–H groups in total. The van der Waals surface area contributed by atoms with E-state index >= 15 is 0 Å². The van der Waals surface area contributed by atoms with Crippen molar-refractivity contribution >= 4 is 11.8 Å². The van der Waals surface area contributed by atoms with Crippen LogP contribution < -0.4 is 5.73 Å². The highest BCUT2D eigenvalue weighted by Gasteiger charge is 2.28. The number of carbonyl (C=O) groups excluding carboxylic acids is 2. The average molecular weight is 399 g/mol. The van der Waals surface area contributed by atoms with Crippen molar-refractivity contribution in [2.75, 3.05) is 26.2 Å². The van der Waals surface area contributed by atoms with Gasteiger partial charge in [-0.15, -0.1) is 0 Å². The van der Waals surface area contributed by atoms with E-state index < -0.39 is 5.91 Å². The fourth-order valence-corrected chi connectivity index (χ4v) is 4.03. The van der Waals surface area contributed by atoms with Crippen LogP contribution in [0, 0.1) is 0 Å². The molecular formula is C25H25N3O2. The number of nitrogens with zero attached hydrogens (tertiary/aromatic N) is 2. The van der Waals surface area contributed by atoms with Crippen molar-refractivity contribution in [2.45, 2.75) is 6.04 Å². The van der Waals surface area contributed by atoms with Crippen LogP contribution in [0.2, 0.25) is 0 Å². The Morgan fingerprint density at radius 1 is 0.667 bits per heavy atom. The molecule has 0 atom stereocenters. The molecule has 152 valence electrons. The van der Waals surface area contributed by atoms with E-state index in [-0.39, 0.29) is 11.9 Å². The summed E-state index contributed by atoms with van der Waals surface area (Å²) in [5.74, 6) is -0.503. The SMILES string of the molecule is NC(=O)c1ccc(C(=O)N2CCN(C(c3ccccc3)c3ccccc3)CC2)cc1. The smallest absolute Gasteiger partial charge is 0.253 e. The minimum absolute atomic E-state index is 0.0124. The Kier molecular flexibility index (Phi) is 5.91. The van der Waals surface area contributed by atoms with E-state index in [4.69, 9.17) is 5.73 Å². The standard InChI is InChI=1S/C25H25N3O2/c26-24(29)21-11-13-22(14-12-21)25(30)28-17-15-27(16-18-28)23(19-7-3-1-4-8-19)20-9-5-2-6-10-20/h1-14,23H,15-18H2,(H2,26,29). The molecule has 0 radical (unpaired) electrons. The second-order valence-electron chi connectivity index (χ2n) is 7.49. The van der Waals surface area contributed by atoms with Crippen molar-refractivity contribution < 1.29 is 9.59 Å². The number of piperazine rings is 1. The van der Waals surface area contributed by atoms with Gasteiger partial charge >= 0.3 is 0 Å². The maximum atomic E-state index is 12.9. The minimum atomic E-state index is -0.490. The van der Waals surface area contributed by atoms with Gasteiger partial charge < -0.3 is 10.6 Å². The fraction of sp³-hybridized carbons (Fsp3) is 0.200. The minimum Gasteiger partial charge on any atom is -0.366 e. The van der Waals surface area contributed by atoms with Crippen LogP contribution in [0.3, 0.4) is 0 Å². The molecule has 0 saturated carbocycles. The van der Waals surface area contributed by atoms with Crippen LogP contribution >= 0.6 is 0 Å². The number of rotatable bonds is 5. The quantitative estimate of drug-likeness (QED) is 0.716. The normalized spacial score (nSPS) is 14.6. The average Bonchev–Trinajstić information content (AvgIpc) is 2.81. The summed E-state index contributed by atoms with van der Waals surface area (Å²) in [6, 6.07) is 27.7. The molecule has 30 heavy (non-hydrogen) atoms. The van der Waals surface area contributed by atoms with Gasteiger partial charge in [-0.2, -0.15) is 0 Å². The summed E-state index contributed by atoms with van der Waals surface area (Å²) in [5.41, 5.74) is 8.78. The van der Waals surface area contributed by atoms with E-state index in [1.165, 1.54) is 11.1 Å². The molecule has 4 rings (SSSR count). The number of benzene rings is 3. The zero-order chi connectivity index (χ0) is 20.9. The largest absolute Gasteiger partial charge is 0.366 e. The summed E-state index contributed by atoms with van der Waals surface area (Å²) in [6.07, 6.45) is 0. The molecule has 0 aromatic heterocycles. The van der Waals surface area contributed by atoms with Gasteiger partial charge in [0, 0.05) is 37.3 Å². The van der Waals surface area contributed by atoms with Crippen LogP contribution in [0.25, 0.3) is 0 Å². The van der Waals surface area contributed by atoms with E-state index in [0.717, 1.165) is 13.1 Å². The molecule has 0 aliphatic carbocycles. The van der Waals surface area contributed by atoms with Crippen molar-refractivity contribution in [3.8, 4) is 0 Å². The lowest BCUT2D eigenvalue weighted by Gasteiger charge is -2.39.